The summed E-state index contributed by atoms with van der Waals surface area (Å²) < 4.78 is 204. The molecule has 0 saturated heterocycles. The van der Waals surface area contributed by atoms with Crippen LogP contribution in [0.3, 0.4) is 0 Å². The minimum absolute atomic E-state index is 1.11. The zero-order chi connectivity index (χ0) is 39.8. The maximum absolute atomic E-state index is 13.3. The Hall–Kier alpha value is -3.30. The smallest absolute Gasteiger partial charge is 0.402 e. The van der Waals surface area contributed by atoms with E-state index in [0.717, 1.165) is 0 Å². The molecule has 0 fully saturated rings. The molecule has 276 valence electrons. The lowest BCUT2D eigenvalue weighted by atomic mass is 10.0. The molecule has 0 saturated carbocycles. The Morgan fingerprint density at radius 2 is 0.913 bits per heavy atom. The summed E-state index contributed by atoms with van der Waals surface area (Å²) in [6.07, 6.45) is -23.9. The standard InChI is InChI=1S/C8H5F11O3.C7H9F5O2.5C2H4/c1-3(9)21-8(18,19)5(12,6(13,14)15)22-7(16,17)4(10,11)2-20;1-4(8)7(11,12)6(9,10)2-5(14)3-13;5*1-2/h20H,1-2H2;5,13-14H,1-3H2;5*1-2H2. The predicted octanol–water partition coefficient (Wildman–Crippen LogP) is 9.00. The van der Waals surface area contributed by atoms with Crippen molar-refractivity contribution >= 4 is 0 Å². The number of ether oxygens (including phenoxy) is 2. The molecule has 0 heterocycles. The van der Waals surface area contributed by atoms with Crippen LogP contribution in [0.1, 0.15) is 6.42 Å². The van der Waals surface area contributed by atoms with Crippen LogP contribution < -0.4 is 0 Å². The van der Waals surface area contributed by atoms with Crippen molar-refractivity contribution in [3.63, 3.8) is 0 Å². The quantitative estimate of drug-likeness (QED) is 0.107. The maximum atomic E-state index is 13.3. The van der Waals surface area contributed by atoms with Crippen molar-refractivity contribution in [1.29, 1.82) is 0 Å². The summed E-state index contributed by atoms with van der Waals surface area (Å²) in [7, 11) is 0. The van der Waals surface area contributed by atoms with Gasteiger partial charge in [0.2, 0.25) is 0 Å². The minimum atomic E-state index is -7.07. The number of halogens is 16. The predicted molar refractivity (Wildman–Crippen MR) is 138 cm³/mol. The van der Waals surface area contributed by atoms with Crippen LogP contribution in [0.5, 0.6) is 0 Å². The van der Waals surface area contributed by atoms with Gasteiger partial charge in [0.05, 0.1) is 12.7 Å². The minimum Gasteiger partial charge on any atom is -0.402 e. The Balaban J connectivity index is -0.000000109. The largest absolute Gasteiger partial charge is 0.471 e. The molecule has 21 heteroatoms. The summed E-state index contributed by atoms with van der Waals surface area (Å²) in [5, 5.41) is 24.6. The van der Waals surface area contributed by atoms with E-state index in [9.17, 15) is 70.2 Å². The van der Waals surface area contributed by atoms with Crippen LogP contribution in [-0.4, -0.2) is 76.7 Å². The summed E-state index contributed by atoms with van der Waals surface area (Å²) in [6.45, 7) is 30.0. The molecular weight excluding hydrogens is 684 g/mol. The molecular formula is C25H34F16O5. The SMILES string of the molecule is C=C.C=C.C=C.C=C.C=C.C=C(F)C(F)(F)C(F)(F)CC(O)CO.C=C(F)OC(F)(F)C(F)(OC(F)(F)C(F)(F)CO)C(F)(F)F. The molecule has 2 atom stereocenters. The Morgan fingerprint density at radius 3 is 1.13 bits per heavy atom. The van der Waals surface area contributed by atoms with E-state index >= 15 is 0 Å². The lowest BCUT2D eigenvalue weighted by Gasteiger charge is -2.36. The lowest BCUT2D eigenvalue weighted by molar-refractivity contribution is -0.517. The number of alkyl halides is 14. The van der Waals surface area contributed by atoms with Crippen LogP contribution >= 0.6 is 0 Å². The van der Waals surface area contributed by atoms with Gasteiger partial charge in [0.25, 0.3) is 6.01 Å². The Morgan fingerprint density at radius 1 is 0.587 bits per heavy atom. The molecule has 0 radical (unpaired) electrons. The van der Waals surface area contributed by atoms with Crippen molar-refractivity contribution in [1.82, 2.24) is 0 Å². The highest BCUT2D eigenvalue weighted by Crippen LogP contribution is 2.52. The van der Waals surface area contributed by atoms with E-state index in [2.05, 4.69) is 77.1 Å². The number of allylic oxidation sites excluding steroid dienone is 1. The van der Waals surface area contributed by atoms with Gasteiger partial charge in [0, 0.05) is 6.42 Å². The van der Waals surface area contributed by atoms with Gasteiger partial charge in [-0.2, -0.15) is 65.9 Å². The van der Waals surface area contributed by atoms with Gasteiger partial charge in [-0.25, -0.2) is 4.39 Å². The fourth-order valence-corrected chi connectivity index (χ4v) is 1.52. The second-order valence-corrected chi connectivity index (χ2v) is 6.27. The normalized spacial score (nSPS) is 13.3. The van der Waals surface area contributed by atoms with Gasteiger partial charge in [-0.15, -0.1) is 65.8 Å². The van der Waals surface area contributed by atoms with Crippen LogP contribution in [-0.2, 0) is 9.47 Å². The molecule has 0 aliphatic rings. The molecule has 0 aliphatic heterocycles. The average Bonchev–Trinajstić information content (AvgIpc) is 2.96. The number of hydrogen-bond donors (Lipinski definition) is 3. The molecule has 0 aliphatic carbocycles. The van der Waals surface area contributed by atoms with Gasteiger partial charge in [0.15, 0.2) is 5.83 Å². The third-order valence-corrected chi connectivity index (χ3v) is 3.37. The summed E-state index contributed by atoms with van der Waals surface area (Å²) >= 11 is 0. The van der Waals surface area contributed by atoms with E-state index in [1.807, 2.05) is 11.3 Å². The van der Waals surface area contributed by atoms with Crippen molar-refractivity contribution in [2.75, 3.05) is 13.2 Å². The second kappa shape index (κ2) is 24.9. The first-order chi connectivity index (χ1) is 20.6. The van der Waals surface area contributed by atoms with Crippen molar-refractivity contribution in [3.8, 4) is 0 Å². The number of aliphatic hydroxyl groups is 3. The van der Waals surface area contributed by atoms with Gasteiger partial charge in [-0.3, -0.25) is 4.74 Å². The molecule has 0 spiro atoms. The number of rotatable bonds is 12. The Kier molecular flexibility index (Phi) is 31.5. The molecule has 0 rings (SSSR count). The fourth-order valence-electron chi connectivity index (χ4n) is 1.52. The monoisotopic (exact) mass is 718 g/mol. The summed E-state index contributed by atoms with van der Waals surface area (Å²) in [5.74, 6) is -25.1. The first kappa shape index (κ1) is 58.3. The highest BCUT2D eigenvalue weighted by molar-refractivity contribution is 5.06. The molecule has 0 aromatic heterocycles. The molecule has 2 unspecified atom stereocenters. The third kappa shape index (κ3) is 18.0. The van der Waals surface area contributed by atoms with Crippen LogP contribution in [0.2, 0.25) is 0 Å². The van der Waals surface area contributed by atoms with Crippen molar-refractivity contribution in [2.45, 2.75) is 54.5 Å². The summed E-state index contributed by atoms with van der Waals surface area (Å²) in [6, 6.07) is -2.75. The highest BCUT2D eigenvalue weighted by atomic mass is 19.4. The van der Waals surface area contributed by atoms with E-state index in [-0.39, 0.29) is 0 Å². The summed E-state index contributed by atoms with van der Waals surface area (Å²) in [5.41, 5.74) is 0. The van der Waals surface area contributed by atoms with Gasteiger partial charge in [-0.1, -0.05) is 6.58 Å². The van der Waals surface area contributed by atoms with E-state index in [0.29, 0.717) is 0 Å². The lowest BCUT2D eigenvalue weighted by Crippen LogP contribution is -2.63. The van der Waals surface area contributed by atoms with Crippen molar-refractivity contribution in [3.05, 3.63) is 90.8 Å². The van der Waals surface area contributed by atoms with Crippen LogP contribution in [0.25, 0.3) is 0 Å². The number of hydrogen-bond acceptors (Lipinski definition) is 5. The van der Waals surface area contributed by atoms with E-state index in [4.69, 9.17) is 15.3 Å². The Bertz CT molecular complexity index is 826. The van der Waals surface area contributed by atoms with E-state index in [1.165, 1.54) is 0 Å². The van der Waals surface area contributed by atoms with Crippen molar-refractivity contribution in [2.24, 2.45) is 0 Å². The van der Waals surface area contributed by atoms with E-state index < -0.39 is 79.6 Å². The van der Waals surface area contributed by atoms with Crippen molar-refractivity contribution < 1.29 is 95.0 Å². The molecule has 0 bridgehead atoms. The molecule has 46 heavy (non-hydrogen) atoms. The Labute approximate surface area is 254 Å². The maximum Gasteiger partial charge on any atom is 0.471 e. The molecule has 0 aromatic carbocycles. The van der Waals surface area contributed by atoms with E-state index in [1.54, 1.807) is 0 Å². The zero-order valence-electron chi connectivity index (χ0n) is 23.9. The second-order valence-electron chi connectivity index (χ2n) is 6.27. The third-order valence-electron chi connectivity index (χ3n) is 3.37. The van der Waals surface area contributed by atoms with Crippen LogP contribution in [0.4, 0.5) is 70.2 Å². The fraction of sp³-hybridized carbons (Fsp3) is 0.440. The zero-order valence-corrected chi connectivity index (χ0v) is 23.9. The molecule has 5 nitrogen and oxygen atoms in total. The van der Waals surface area contributed by atoms with Gasteiger partial charge < -0.3 is 20.1 Å². The molecule has 0 aromatic rings. The van der Waals surface area contributed by atoms with Crippen LogP contribution in [0.15, 0.2) is 90.8 Å². The molecule has 0 amide bonds. The van der Waals surface area contributed by atoms with Gasteiger partial charge in [0.1, 0.15) is 6.61 Å². The highest BCUT2D eigenvalue weighted by Gasteiger charge is 2.80. The van der Waals surface area contributed by atoms with Gasteiger partial charge >= 0.3 is 42.0 Å². The number of aliphatic hydroxyl groups excluding tert-OH is 3. The molecule has 3 N–H and O–H groups in total. The first-order valence-corrected chi connectivity index (χ1v) is 10.7. The average molecular weight is 719 g/mol. The van der Waals surface area contributed by atoms with Crippen LogP contribution in [0, 0.1) is 0 Å². The topological polar surface area (TPSA) is 79.2 Å². The summed E-state index contributed by atoms with van der Waals surface area (Å²) in [4.78, 5) is 0. The first-order valence-electron chi connectivity index (χ1n) is 10.7. The van der Waals surface area contributed by atoms with Gasteiger partial charge in [-0.05, 0) is 6.58 Å².